The Kier molecular flexibility index (Phi) is 3.71. The van der Waals surface area contributed by atoms with Crippen LogP contribution in [0.1, 0.15) is 37.4 Å². The summed E-state index contributed by atoms with van der Waals surface area (Å²) in [5.41, 5.74) is 1.99. The third-order valence-electron chi connectivity index (χ3n) is 3.60. The van der Waals surface area contributed by atoms with Gasteiger partial charge >= 0.3 is 0 Å². The molecule has 19 heavy (non-hydrogen) atoms. The number of halogens is 1. The van der Waals surface area contributed by atoms with Crippen LogP contribution in [-0.2, 0) is 11.3 Å². The zero-order valence-corrected chi connectivity index (χ0v) is 11.8. The van der Waals surface area contributed by atoms with Gasteiger partial charge in [0.2, 0.25) is 0 Å². The maximum atomic E-state index is 6.25. The molecule has 0 bridgehead atoms. The summed E-state index contributed by atoms with van der Waals surface area (Å²) in [4.78, 5) is 8.71. The van der Waals surface area contributed by atoms with E-state index in [1.54, 1.807) is 12.4 Å². The molecule has 2 aromatic heterocycles. The summed E-state index contributed by atoms with van der Waals surface area (Å²) in [6.45, 7) is 3.64. The minimum absolute atomic E-state index is 0.115. The van der Waals surface area contributed by atoms with Crippen molar-refractivity contribution in [2.45, 2.75) is 44.2 Å². The van der Waals surface area contributed by atoms with Crippen molar-refractivity contribution in [3.8, 4) is 0 Å². The van der Waals surface area contributed by atoms with Crippen LogP contribution in [-0.4, -0.2) is 27.2 Å². The van der Waals surface area contributed by atoms with Gasteiger partial charge in [0.1, 0.15) is 11.3 Å². The minimum atomic E-state index is -0.115. The van der Waals surface area contributed by atoms with Crippen LogP contribution >= 0.6 is 11.6 Å². The van der Waals surface area contributed by atoms with Crippen molar-refractivity contribution >= 4 is 22.6 Å². The Labute approximate surface area is 117 Å². The van der Waals surface area contributed by atoms with Gasteiger partial charge in [-0.25, -0.2) is 4.98 Å². The maximum absolute atomic E-state index is 6.25. The molecule has 1 aliphatic heterocycles. The van der Waals surface area contributed by atoms with E-state index in [1.807, 2.05) is 13.0 Å². The molecule has 4 nitrogen and oxygen atoms in total. The molecule has 1 fully saturated rings. The van der Waals surface area contributed by atoms with Gasteiger partial charge in [-0.3, -0.25) is 4.98 Å². The van der Waals surface area contributed by atoms with E-state index in [0.717, 1.165) is 36.4 Å². The van der Waals surface area contributed by atoms with Crippen LogP contribution in [0.15, 0.2) is 18.5 Å². The highest BCUT2D eigenvalue weighted by Crippen LogP contribution is 2.26. The van der Waals surface area contributed by atoms with E-state index in [1.165, 1.54) is 12.8 Å². The highest BCUT2D eigenvalue weighted by Gasteiger charge is 2.20. The largest absolute Gasteiger partial charge is 0.376 e. The molecule has 1 aliphatic rings. The summed E-state index contributed by atoms with van der Waals surface area (Å²) in [7, 11) is 0. The average molecular weight is 280 g/mol. The predicted octanol–water partition coefficient (Wildman–Crippen LogP) is 3.30. The molecule has 0 spiro atoms. The fourth-order valence-electron chi connectivity index (χ4n) is 2.65. The topological polar surface area (TPSA) is 39.9 Å². The number of hydrogen-bond acceptors (Lipinski definition) is 3. The van der Waals surface area contributed by atoms with Gasteiger partial charge in [0, 0.05) is 12.8 Å². The summed E-state index contributed by atoms with van der Waals surface area (Å²) in [5.74, 6) is 0.902. The second-order valence-electron chi connectivity index (χ2n) is 5.05. The van der Waals surface area contributed by atoms with Crippen LogP contribution in [0.25, 0.3) is 11.0 Å². The Morgan fingerprint density at radius 2 is 2.42 bits per heavy atom. The number of fused-ring (bicyclic) bond motifs is 1. The van der Waals surface area contributed by atoms with Crippen LogP contribution in [0.5, 0.6) is 0 Å². The average Bonchev–Trinajstić information content (AvgIpc) is 2.79. The molecule has 1 saturated heterocycles. The number of aromatic nitrogens is 3. The summed E-state index contributed by atoms with van der Waals surface area (Å²) >= 11 is 6.25. The van der Waals surface area contributed by atoms with Crippen LogP contribution in [0, 0.1) is 0 Å². The van der Waals surface area contributed by atoms with E-state index < -0.39 is 0 Å². The van der Waals surface area contributed by atoms with Gasteiger partial charge < -0.3 is 9.30 Å². The van der Waals surface area contributed by atoms with Crippen molar-refractivity contribution in [1.29, 1.82) is 0 Å². The standard InChI is InChI=1S/C14H18ClN3O/c1-10(15)14-17-12-8-16-6-5-13(12)18(14)9-11-4-2-3-7-19-11/h5-6,8,10-11H,2-4,7,9H2,1H3. The van der Waals surface area contributed by atoms with Gasteiger partial charge in [-0.05, 0) is 32.3 Å². The molecule has 0 amide bonds. The fourth-order valence-corrected chi connectivity index (χ4v) is 2.82. The molecule has 3 rings (SSSR count). The van der Waals surface area contributed by atoms with E-state index in [9.17, 15) is 0 Å². The monoisotopic (exact) mass is 279 g/mol. The second kappa shape index (κ2) is 5.47. The normalized spacial score (nSPS) is 21.7. The van der Waals surface area contributed by atoms with Crippen molar-refractivity contribution < 1.29 is 4.74 Å². The lowest BCUT2D eigenvalue weighted by Crippen LogP contribution is -2.25. The highest BCUT2D eigenvalue weighted by atomic mass is 35.5. The predicted molar refractivity (Wildman–Crippen MR) is 75.4 cm³/mol. The first-order chi connectivity index (χ1) is 9.25. The SMILES string of the molecule is CC(Cl)c1nc2cnccc2n1CC1CCCCO1. The van der Waals surface area contributed by atoms with Crippen molar-refractivity contribution in [3.05, 3.63) is 24.3 Å². The third kappa shape index (κ3) is 2.60. The van der Waals surface area contributed by atoms with Crippen LogP contribution in [0.4, 0.5) is 0 Å². The van der Waals surface area contributed by atoms with E-state index in [4.69, 9.17) is 16.3 Å². The van der Waals surface area contributed by atoms with Crippen molar-refractivity contribution in [1.82, 2.24) is 14.5 Å². The van der Waals surface area contributed by atoms with Crippen LogP contribution in [0.3, 0.4) is 0 Å². The molecule has 102 valence electrons. The van der Waals surface area contributed by atoms with Gasteiger partial charge in [0.05, 0.1) is 29.7 Å². The van der Waals surface area contributed by atoms with E-state index >= 15 is 0 Å². The molecule has 0 N–H and O–H groups in total. The number of hydrogen-bond donors (Lipinski definition) is 0. The van der Waals surface area contributed by atoms with Crippen molar-refractivity contribution in [2.24, 2.45) is 0 Å². The van der Waals surface area contributed by atoms with E-state index in [-0.39, 0.29) is 11.5 Å². The molecule has 5 heteroatoms. The fraction of sp³-hybridized carbons (Fsp3) is 0.571. The molecular weight excluding hydrogens is 262 g/mol. The Morgan fingerprint density at radius 3 is 3.16 bits per heavy atom. The molecule has 0 aliphatic carbocycles. The lowest BCUT2D eigenvalue weighted by Gasteiger charge is -2.24. The van der Waals surface area contributed by atoms with Crippen molar-refractivity contribution in [2.75, 3.05) is 6.61 Å². The van der Waals surface area contributed by atoms with Gasteiger partial charge in [0.25, 0.3) is 0 Å². The number of ether oxygens (including phenoxy) is 1. The number of rotatable bonds is 3. The Bertz CT molecular complexity index is 561. The minimum Gasteiger partial charge on any atom is -0.376 e. The molecule has 0 radical (unpaired) electrons. The summed E-state index contributed by atoms with van der Waals surface area (Å²) in [6.07, 6.45) is 7.38. The van der Waals surface area contributed by atoms with Gasteiger partial charge in [0.15, 0.2) is 0 Å². The maximum Gasteiger partial charge on any atom is 0.127 e. The van der Waals surface area contributed by atoms with Crippen LogP contribution < -0.4 is 0 Å². The summed E-state index contributed by atoms with van der Waals surface area (Å²) < 4.78 is 8.01. The molecule has 2 aromatic rings. The van der Waals surface area contributed by atoms with Gasteiger partial charge in [-0.2, -0.15) is 0 Å². The second-order valence-corrected chi connectivity index (χ2v) is 5.70. The lowest BCUT2D eigenvalue weighted by molar-refractivity contribution is 0.00619. The summed E-state index contributed by atoms with van der Waals surface area (Å²) in [5, 5.41) is -0.115. The zero-order chi connectivity index (χ0) is 13.2. The lowest BCUT2D eigenvalue weighted by atomic mass is 10.1. The smallest absolute Gasteiger partial charge is 0.127 e. The molecule has 0 saturated carbocycles. The van der Waals surface area contributed by atoms with E-state index in [2.05, 4.69) is 14.5 Å². The quantitative estimate of drug-likeness (QED) is 0.810. The molecule has 0 aromatic carbocycles. The molecule has 3 heterocycles. The Balaban J connectivity index is 1.97. The number of alkyl halides is 1. The Hall–Kier alpha value is -1.13. The van der Waals surface area contributed by atoms with E-state index in [0.29, 0.717) is 0 Å². The molecule has 2 unspecified atom stereocenters. The van der Waals surface area contributed by atoms with Gasteiger partial charge in [-0.1, -0.05) is 0 Å². The molecular formula is C14H18ClN3O. The van der Waals surface area contributed by atoms with Crippen LogP contribution in [0.2, 0.25) is 0 Å². The summed E-state index contributed by atoms with van der Waals surface area (Å²) in [6, 6.07) is 1.99. The number of imidazole rings is 1. The van der Waals surface area contributed by atoms with Crippen molar-refractivity contribution in [3.63, 3.8) is 0 Å². The number of nitrogens with zero attached hydrogens (tertiary/aromatic N) is 3. The Morgan fingerprint density at radius 1 is 1.53 bits per heavy atom. The third-order valence-corrected chi connectivity index (χ3v) is 3.79. The van der Waals surface area contributed by atoms with Gasteiger partial charge in [-0.15, -0.1) is 11.6 Å². The molecule has 2 atom stereocenters. The zero-order valence-electron chi connectivity index (χ0n) is 11.1. The highest BCUT2D eigenvalue weighted by molar-refractivity contribution is 6.20. The first-order valence-electron chi connectivity index (χ1n) is 6.81. The first-order valence-corrected chi connectivity index (χ1v) is 7.25. The number of pyridine rings is 1. The first kappa shape index (κ1) is 12.9.